The van der Waals surface area contributed by atoms with E-state index in [1.807, 2.05) is 54.6 Å². The fourth-order valence-electron chi connectivity index (χ4n) is 2.13. The molecule has 0 unspecified atom stereocenters. The minimum atomic E-state index is -0.864. The molecule has 0 aromatic heterocycles. The number of hydrogen-bond acceptors (Lipinski definition) is 3. The van der Waals surface area contributed by atoms with Gasteiger partial charge in [0.15, 0.2) is 0 Å². The van der Waals surface area contributed by atoms with Crippen LogP contribution in [0.15, 0.2) is 60.7 Å². The SMILES string of the molecule is O=C(O)CCCNC(=O)/C=C/c1cccc(OCc2ccccc2)c1. The van der Waals surface area contributed by atoms with E-state index in [2.05, 4.69) is 5.32 Å². The largest absolute Gasteiger partial charge is 0.489 e. The number of carbonyl (C=O) groups excluding carboxylic acids is 1. The molecule has 1 amide bonds. The van der Waals surface area contributed by atoms with E-state index in [0.717, 1.165) is 16.9 Å². The van der Waals surface area contributed by atoms with E-state index in [9.17, 15) is 9.59 Å². The fraction of sp³-hybridized carbons (Fsp3) is 0.200. The van der Waals surface area contributed by atoms with Gasteiger partial charge in [-0.2, -0.15) is 0 Å². The summed E-state index contributed by atoms with van der Waals surface area (Å²) in [5.74, 6) is -0.383. The number of hydrogen-bond donors (Lipinski definition) is 2. The van der Waals surface area contributed by atoms with Crippen LogP contribution in [-0.4, -0.2) is 23.5 Å². The Kier molecular flexibility index (Phi) is 7.25. The summed E-state index contributed by atoms with van der Waals surface area (Å²) in [6.45, 7) is 0.827. The minimum Gasteiger partial charge on any atom is -0.489 e. The Labute approximate surface area is 146 Å². The normalized spacial score (nSPS) is 10.6. The van der Waals surface area contributed by atoms with Crippen molar-refractivity contribution in [1.82, 2.24) is 5.32 Å². The van der Waals surface area contributed by atoms with Gasteiger partial charge in [-0.25, -0.2) is 0 Å². The van der Waals surface area contributed by atoms with E-state index in [1.54, 1.807) is 6.08 Å². The molecular weight excluding hydrogens is 318 g/mol. The molecular formula is C20H21NO4. The summed E-state index contributed by atoms with van der Waals surface area (Å²) in [5.41, 5.74) is 1.94. The summed E-state index contributed by atoms with van der Waals surface area (Å²) in [7, 11) is 0. The maximum atomic E-state index is 11.7. The average molecular weight is 339 g/mol. The maximum Gasteiger partial charge on any atom is 0.303 e. The van der Waals surface area contributed by atoms with Gasteiger partial charge in [-0.3, -0.25) is 9.59 Å². The number of amides is 1. The lowest BCUT2D eigenvalue weighted by molar-refractivity contribution is -0.137. The first-order chi connectivity index (χ1) is 12.1. The van der Waals surface area contributed by atoms with Crippen molar-refractivity contribution < 1.29 is 19.4 Å². The molecule has 2 aromatic rings. The second-order valence-corrected chi connectivity index (χ2v) is 5.47. The molecule has 2 aromatic carbocycles. The van der Waals surface area contributed by atoms with E-state index < -0.39 is 5.97 Å². The van der Waals surface area contributed by atoms with Crippen molar-refractivity contribution in [3.63, 3.8) is 0 Å². The Morgan fingerprint density at radius 3 is 2.64 bits per heavy atom. The highest BCUT2D eigenvalue weighted by atomic mass is 16.5. The van der Waals surface area contributed by atoms with E-state index >= 15 is 0 Å². The topological polar surface area (TPSA) is 75.6 Å². The van der Waals surface area contributed by atoms with Crippen LogP contribution >= 0.6 is 0 Å². The lowest BCUT2D eigenvalue weighted by Gasteiger charge is -2.07. The highest BCUT2D eigenvalue weighted by Gasteiger charge is 2.00. The number of carboxylic acids is 1. The van der Waals surface area contributed by atoms with Crippen LogP contribution < -0.4 is 10.1 Å². The Balaban J connectivity index is 1.81. The molecule has 0 saturated heterocycles. The van der Waals surface area contributed by atoms with Crippen LogP contribution in [0.1, 0.15) is 24.0 Å². The molecule has 0 heterocycles. The minimum absolute atomic E-state index is 0.0464. The summed E-state index contributed by atoms with van der Waals surface area (Å²) in [6.07, 6.45) is 3.58. The van der Waals surface area contributed by atoms with Gasteiger partial charge in [0.1, 0.15) is 12.4 Å². The Bertz CT molecular complexity index is 725. The average Bonchev–Trinajstić information content (AvgIpc) is 2.63. The number of carbonyl (C=O) groups is 2. The number of carboxylic acid groups (broad SMARTS) is 1. The van der Waals surface area contributed by atoms with Crippen LogP contribution in [0.3, 0.4) is 0 Å². The van der Waals surface area contributed by atoms with Crippen LogP contribution in [-0.2, 0) is 16.2 Å². The zero-order valence-electron chi connectivity index (χ0n) is 13.9. The molecule has 0 fully saturated rings. The van der Waals surface area contributed by atoms with Crippen molar-refractivity contribution in [1.29, 1.82) is 0 Å². The number of ether oxygens (including phenoxy) is 1. The molecule has 0 atom stereocenters. The molecule has 0 aliphatic heterocycles. The van der Waals surface area contributed by atoms with Gasteiger partial charge in [0.05, 0.1) is 0 Å². The smallest absolute Gasteiger partial charge is 0.303 e. The molecule has 0 spiro atoms. The Morgan fingerprint density at radius 1 is 1.08 bits per heavy atom. The molecule has 0 radical (unpaired) electrons. The molecule has 2 rings (SSSR count). The van der Waals surface area contributed by atoms with Gasteiger partial charge in [-0.1, -0.05) is 42.5 Å². The molecule has 2 N–H and O–H groups in total. The first-order valence-corrected chi connectivity index (χ1v) is 8.08. The van der Waals surface area contributed by atoms with E-state index in [0.29, 0.717) is 19.6 Å². The number of benzene rings is 2. The van der Waals surface area contributed by atoms with Gasteiger partial charge in [0.25, 0.3) is 0 Å². The predicted octanol–water partition coefficient (Wildman–Crippen LogP) is 3.26. The zero-order chi connectivity index (χ0) is 17.9. The second kappa shape index (κ2) is 9.93. The first-order valence-electron chi connectivity index (χ1n) is 8.08. The highest BCUT2D eigenvalue weighted by Crippen LogP contribution is 2.16. The molecule has 0 saturated carbocycles. The number of nitrogens with one attached hydrogen (secondary N) is 1. The Hall–Kier alpha value is -3.08. The van der Waals surface area contributed by atoms with Gasteiger partial charge < -0.3 is 15.2 Å². The van der Waals surface area contributed by atoms with Crippen LogP contribution in [0.25, 0.3) is 6.08 Å². The van der Waals surface area contributed by atoms with Gasteiger partial charge in [0, 0.05) is 19.0 Å². The van der Waals surface area contributed by atoms with Crippen LogP contribution in [0.2, 0.25) is 0 Å². The first kappa shape index (κ1) is 18.3. The van der Waals surface area contributed by atoms with Gasteiger partial charge in [-0.05, 0) is 35.8 Å². The Morgan fingerprint density at radius 2 is 1.88 bits per heavy atom. The standard InChI is InChI=1S/C20H21NO4/c22-19(21-13-5-10-20(23)24)12-11-16-8-4-9-18(14-16)25-15-17-6-2-1-3-7-17/h1-4,6-9,11-12,14H,5,10,13,15H2,(H,21,22)(H,23,24)/b12-11+. The van der Waals surface area contributed by atoms with Crippen LogP contribution in [0.5, 0.6) is 5.75 Å². The molecule has 130 valence electrons. The molecule has 5 heteroatoms. The third-order valence-electron chi connectivity index (χ3n) is 3.40. The summed E-state index contributed by atoms with van der Waals surface area (Å²) < 4.78 is 5.75. The lowest BCUT2D eigenvalue weighted by Crippen LogP contribution is -2.22. The number of aliphatic carboxylic acids is 1. The predicted molar refractivity (Wildman–Crippen MR) is 96.1 cm³/mol. The van der Waals surface area contributed by atoms with E-state index in [1.165, 1.54) is 6.08 Å². The zero-order valence-corrected chi connectivity index (χ0v) is 13.9. The monoisotopic (exact) mass is 339 g/mol. The lowest BCUT2D eigenvalue weighted by atomic mass is 10.2. The van der Waals surface area contributed by atoms with Gasteiger partial charge >= 0.3 is 5.97 Å². The van der Waals surface area contributed by atoms with Crippen molar-refractivity contribution >= 4 is 18.0 Å². The quantitative estimate of drug-likeness (QED) is 0.543. The molecule has 0 aliphatic carbocycles. The molecule has 25 heavy (non-hydrogen) atoms. The second-order valence-electron chi connectivity index (χ2n) is 5.47. The summed E-state index contributed by atoms with van der Waals surface area (Å²) in [6, 6.07) is 17.4. The van der Waals surface area contributed by atoms with Crippen molar-refractivity contribution in [3.8, 4) is 5.75 Å². The van der Waals surface area contributed by atoms with Crippen LogP contribution in [0, 0.1) is 0 Å². The summed E-state index contributed by atoms with van der Waals surface area (Å²) >= 11 is 0. The molecule has 0 bridgehead atoms. The van der Waals surface area contributed by atoms with Crippen molar-refractivity contribution in [2.24, 2.45) is 0 Å². The van der Waals surface area contributed by atoms with Crippen molar-refractivity contribution in [2.75, 3.05) is 6.54 Å². The fourth-order valence-corrected chi connectivity index (χ4v) is 2.13. The number of rotatable bonds is 9. The van der Waals surface area contributed by atoms with Gasteiger partial charge in [0.2, 0.25) is 5.91 Å². The van der Waals surface area contributed by atoms with E-state index in [-0.39, 0.29) is 12.3 Å². The third kappa shape index (κ3) is 7.35. The maximum absolute atomic E-state index is 11.7. The summed E-state index contributed by atoms with van der Waals surface area (Å²) in [4.78, 5) is 22.1. The van der Waals surface area contributed by atoms with Crippen molar-refractivity contribution in [2.45, 2.75) is 19.4 Å². The van der Waals surface area contributed by atoms with Crippen LogP contribution in [0.4, 0.5) is 0 Å². The highest BCUT2D eigenvalue weighted by molar-refractivity contribution is 5.91. The van der Waals surface area contributed by atoms with Gasteiger partial charge in [-0.15, -0.1) is 0 Å². The third-order valence-corrected chi connectivity index (χ3v) is 3.40. The molecule has 0 aliphatic rings. The summed E-state index contributed by atoms with van der Waals surface area (Å²) in [5, 5.41) is 11.2. The van der Waals surface area contributed by atoms with E-state index in [4.69, 9.17) is 9.84 Å². The van der Waals surface area contributed by atoms with Crippen molar-refractivity contribution in [3.05, 3.63) is 71.8 Å². The molecule has 5 nitrogen and oxygen atoms in total.